The van der Waals surface area contributed by atoms with Gasteiger partial charge in [0.25, 0.3) is 5.91 Å². The van der Waals surface area contributed by atoms with Crippen LogP contribution in [0.4, 0.5) is 0 Å². The molecule has 8 heteroatoms. The van der Waals surface area contributed by atoms with Crippen molar-refractivity contribution in [2.24, 2.45) is 0 Å². The second-order valence-corrected chi connectivity index (χ2v) is 7.40. The Bertz CT molecular complexity index is 641. The first-order chi connectivity index (χ1) is 11.7. The van der Waals surface area contributed by atoms with Crippen LogP contribution < -0.4 is 5.32 Å². The number of fused-ring (bicyclic) bond motifs is 3. The predicted octanol–water partition coefficient (Wildman–Crippen LogP) is 1.41. The Morgan fingerprint density at radius 2 is 1.72 bits per heavy atom. The zero-order chi connectivity index (χ0) is 17.8. The molecule has 3 aliphatic rings. The van der Waals surface area contributed by atoms with E-state index in [1.54, 1.807) is 12.1 Å². The molecule has 3 fully saturated rings. The van der Waals surface area contributed by atoms with Crippen LogP contribution in [0, 0.1) is 0 Å². The van der Waals surface area contributed by atoms with E-state index in [9.17, 15) is 4.79 Å². The Kier molecular flexibility index (Phi) is 3.93. The van der Waals surface area contributed by atoms with E-state index in [1.165, 1.54) is 6.26 Å². The van der Waals surface area contributed by atoms with Crippen LogP contribution in [0.5, 0.6) is 0 Å². The number of amides is 1. The van der Waals surface area contributed by atoms with Crippen molar-refractivity contribution in [2.75, 3.05) is 6.54 Å². The van der Waals surface area contributed by atoms with Crippen molar-refractivity contribution < 1.29 is 32.9 Å². The summed E-state index contributed by atoms with van der Waals surface area (Å²) in [5.41, 5.74) is 0. The Morgan fingerprint density at radius 3 is 2.44 bits per heavy atom. The lowest BCUT2D eigenvalue weighted by Gasteiger charge is -2.37. The maximum atomic E-state index is 12.1. The van der Waals surface area contributed by atoms with Crippen LogP contribution in [-0.2, 0) is 23.7 Å². The normalized spacial score (nSPS) is 38.2. The van der Waals surface area contributed by atoms with Crippen LogP contribution in [0.1, 0.15) is 38.2 Å². The first kappa shape index (κ1) is 17.0. The molecular formula is C17H23NO7. The summed E-state index contributed by atoms with van der Waals surface area (Å²) in [6, 6.07) is 3.26. The van der Waals surface area contributed by atoms with Crippen LogP contribution >= 0.6 is 0 Å². The molecule has 3 saturated heterocycles. The number of hydrogen-bond acceptors (Lipinski definition) is 7. The second-order valence-electron chi connectivity index (χ2n) is 7.40. The highest BCUT2D eigenvalue weighted by molar-refractivity contribution is 5.91. The summed E-state index contributed by atoms with van der Waals surface area (Å²) >= 11 is 0. The van der Waals surface area contributed by atoms with Crippen LogP contribution in [0.3, 0.4) is 0 Å². The van der Waals surface area contributed by atoms with E-state index < -0.39 is 24.0 Å². The number of nitrogens with one attached hydrogen (secondary N) is 1. The number of carbonyl (C=O) groups excluding carboxylic acids is 1. The minimum absolute atomic E-state index is 0.243. The molecule has 0 radical (unpaired) electrons. The summed E-state index contributed by atoms with van der Waals surface area (Å²) in [5, 5.41) is 2.81. The summed E-state index contributed by atoms with van der Waals surface area (Å²) in [6.45, 7) is 7.60. The molecule has 0 saturated carbocycles. The van der Waals surface area contributed by atoms with E-state index in [1.807, 2.05) is 27.7 Å². The highest BCUT2D eigenvalue weighted by Gasteiger charge is 2.60. The Labute approximate surface area is 145 Å². The van der Waals surface area contributed by atoms with Gasteiger partial charge < -0.3 is 33.4 Å². The lowest BCUT2D eigenvalue weighted by molar-refractivity contribution is -0.232. The number of furan rings is 1. The summed E-state index contributed by atoms with van der Waals surface area (Å²) < 4.78 is 34.9. The van der Waals surface area contributed by atoms with Crippen molar-refractivity contribution >= 4 is 5.91 Å². The number of rotatable bonds is 3. The van der Waals surface area contributed by atoms with E-state index in [2.05, 4.69) is 5.32 Å². The molecule has 4 rings (SSSR count). The van der Waals surface area contributed by atoms with E-state index >= 15 is 0 Å². The molecular weight excluding hydrogens is 330 g/mol. The molecule has 3 aliphatic heterocycles. The lowest BCUT2D eigenvalue weighted by Crippen LogP contribution is -2.57. The monoisotopic (exact) mass is 353 g/mol. The van der Waals surface area contributed by atoms with Gasteiger partial charge in [0, 0.05) is 6.54 Å². The van der Waals surface area contributed by atoms with Gasteiger partial charge in [-0.25, -0.2) is 0 Å². The van der Waals surface area contributed by atoms with Gasteiger partial charge in [0.05, 0.1) is 6.26 Å². The summed E-state index contributed by atoms with van der Waals surface area (Å²) in [7, 11) is 0. The highest BCUT2D eigenvalue weighted by atomic mass is 16.9. The van der Waals surface area contributed by atoms with Gasteiger partial charge in [-0.3, -0.25) is 4.79 Å². The van der Waals surface area contributed by atoms with Crippen molar-refractivity contribution in [3.05, 3.63) is 24.2 Å². The van der Waals surface area contributed by atoms with Gasteiger partial charge in [-0.05, 0) is 39.8 Å². The Balaban J connectivity index is 1.49. The van der Waals surface area contributed by atoms with Crippen LogP contribution in [-0.4, -0.2) is 54.7 Å². The van der Waals surface area contributed by atoms with E-state index in [4.69, 9.17) is 28.1 Å². The Morgan fingerprint density at radius 1 is 1.04 bits per heavy atom. The summed E-state index contributed by atoms with van der Waals surface area (Å²) in [4.78, 5) is 12.1. The van der Waals surface area contributed by atoms with Crippen molar-refractivity contribution in [2.45, 2.75) is 70.0 Å². The number of hydrogen-bond donors (Lipinski definition) is 1. The molecule has 0 unspecified atom stereocenters. The average Bonchev–Trinajstić information content (AvgIpc) is 3.19. The Hall–Kier alpha value is -1.45. The van der Waals surface area contributed by atoms with E-state index in [0.717, 1.165) is 0 Å². The molecule has 8 nitrogen and oxygen atoms in total. The standard InChI is InChI=1S/C17H23NO7/c1-16(2)22-11-10(8-18-14(19)9-6-5-7-20-9)21-15-13(12(11)23-16)24-17(3,4)25-15/h5-7,10-13,15H,8H2,1-4H3,(H,18,19)/t10-,11+,12+,13+,15+/m1/s1. The van der Waals surface area contributed by atoms with Gasteiger partial charge in [0.2, 0.25) is 0 Å². The van der Waals surface area contributed by atoms with Gasteiger partial charge in [0.1, 0.15) is 24.4 Å². The molecule has 138 valence electrons. The van der Waals surface area contributed by atoms with Crippen molar-refractivity contribution in [1.82, 2.24) is 5.32 Å². The van der Waals surface area contributed by atoms with Crippen LogP contribution in [0.25, 0.3) is 0 Å². The minimum Gasteiger partial charge on any atom is -0.459 e. The maximum Gasteiger partial charge on any atom is 0.287 e. The molecule has 5 atom stereocenters. The van der Waals surface area contributed by atoms with Gasteiger partial charge in [-0.2, -0.15) is 0 Å². The fraction of sp³-hybridized carbons (Fsp3) is 0.706. The van der Waals surface area contributed by atoms with E-state index in [0.29, 0.717) is 0 Å². The molecule has 1 N–H and O–H groups in total. The smallest absolute Gasteiger partial charge is 0.287 e. The van der Waals surface area contributed by atoms with E-state index in [-0.39, 0.29) is 36.5 Å². The third kappa shape index (κ3) is 3.20. The first-order valence-corrected chi connectivity index (χ1v) is 8.43. The fourth-order valence-corrected chi connectivity index (χ4v) is 3.55. The third-order valence-electron chi connectivity index (χ3n) is 4.46. The molecule has 0 aromatic carbocycles. The molecule has 0 bridgehead atoms. The predicted molar refractivity (Wildman–Crippen MR) is 83.6 cm³/mol. The van der Waals surface area contributed by atoms with Gasteiger partial charge >= 0.3 is 0 Å². The van der Waals surface area contributed by atoms with Crippen LogP contribution in [0.15, 0.2) is 22.8 Å². The SMILES string of the molecule is CC1(C)O[C@@H]2O[C@H](CNC(=O)c3ccco3)[C@@H]3OC(C)(C)O[C@@H]3[C@@H]2O1. The first-order valence-electron chi connectivity index (χ1n) is 8.43. The zero-order valence-corrected chi connectivity index (χ0v) is 14.7. The van der Waals surface area contributed by atoms with Crippen molar-refractivity contribution in [3.63, 3.8) is 0 Å². The average molecular weight is 353 g/mol. The minimum atomic E-state index is -0.762. The number of ether oxygens (including phenoxy) is 5. The molecule has 1 aromatic rings. The molecule has 25 heavy (non-hydrogen) atoms. The molecule has 0 aliphatic carbocycles. The topological polar surface area (TPSA) is 88.4 Å². The third-order valence-corrected chi connectivity index (χ3v) is 4.46. The fourth-order valence-electron chi connectivity index (χ4n) is 3.55. The van der Waals surface area contributed by atoms with Crippen molar-refractivity contribution in [3.8, 4) is 0 Å². The molecule has 4 heterocycles. The highest BCUT2D eigenvalue weighted by Crippen LogP contribution is 2.43. The molecule has 1 aromatic heterocycles. The van der Waals surface area contributed by atoms with Crippen LogP contribution in [0.2, 0.25) is 0 Å². The maximum absolute atomic E-state index is 12.1. The zero-order valence-electron chi connectivity index (χ0n) is 14.7. The molecule has 0 spiro atoms. The van der Waals surface area contributed by atoms with Gasteiger partial charge in [-0.15, -0.1) is 0 Å². The molecule has 1 amide bonds. The summed E-state index contributed by atoms with van der Waals surface area (Å²) in [5.74, 6) is -1.58. The second kappa shape index (κ2) is 5.78. The number of carbonyl (C=O) groups is 1. The largest absolute Gasteiger partial charge is 0.459 e. The van der Waals surface area contributed by atoms with Gasteiger partial charge in [-0.1, -0.05) is 0 Å². The van der Waals surface area contributed by atoms with Gasteiger partial charge in [0.15, 0.2) is 23.6 Å². The van der Waals surface area contributed by atoms with Crippen molar-refractivity contribution in [1.29, 1.82) is 0 Å². The quantitative estimate of drug-likeness (QED) is 0.879. The lowest BCUT2D eigenvalue weighted by atomic mass is 9.99. The summed E-state index contributed by atoms with van der Waals surface area (Å²) in [6.07, 6.45) is -0.622.